The molecule has 0 amide bonds. The summed E-state index contributed by atoms with van der Waals surface area (Å²) >= 11 is 0. The molecular weight excluding hydrogens is 234 g/mol. The zero-order chi connectivity index (χ0) is 13.8. The summed E-state index contributed by atoms with van der Waals surface area (Å²) in [6.07, 6.45) is 3.91. The summed E-state index contributed by atoms with van der Waals surface area (Å²) in [5.74, 6) is 1.35. The lowest BCUT2D eigenvalue weighted by atomic mass is 10.0. The maximum absolute atomic E-state index is 4.53. The number of hydrogen-bond acceptors (Lipinski definition) is 2. The average Bonchev–Trinajstić information content (AvgIpc) is 2.70. The van der Waals surface area contributed by atoms with Crippen molar-refractivity contribution in [2.45, 2.75) is 33.2 Å². The van der Waals surface area contributed by atoms with Gasteiger partial charge in [-0.15, -0.1) is 6.58 Å². The smallest absolute Gasteiger partial charge is 0.207 e. The molecule has 1 aromatic heterocycles. The molecule has 3 nitrogen and oxygen atoms in total. The van der Waals surface area contributed by atoms with Crippen molar-refractivity contribution in [2.75, 3.05) is 5.32 Å². The van der Waals surface area contributed by atoms with E-state index in [4.69, 9.17) is 0 Å². The molecule has 1 N–H and O–H groups in total. The lowest BCUT2D eigenvalue weighted by molar-refractivity contribution is 0.828. The standard InChI is InChI=1S/C16H21N3/c1-5-10-19-11-13(4)17-16(19)18-15-9-7-6-8-14(15)12(2)3/h5-9,11-12H,1,10H2,2-4H3,(H,17,18). The van der Waals surface area contributed by atoms with Crippen LogP contribution >= 0.6 is 0 Å². The number of hydrogen-bond donors (Lipinski definition) is 1. The Morgan fingerprint density at radius 3 is 2.79 bits per heavy atom. The molecule has 0 fully saturated rings. The summed E-state index contributed by atoms with van der Waals surface area (Å²) < 4.78 is 2.07. The third-order valence-corrected chi connectivity index (χ3v) is 3.05. The summed E-state index contributed by atoms with van der Waals surface area (Å²) in [4.78, 5) is 4.53. The van der Waals surface area contributed by atoms with E-state index in [1.165, 1.54) is 5.56 Å². The Balaban J connectivity index is 2.33. The number of aromatic nitrogens is 2. The van der Waals surface area contributed by atoms with Crippen LogP contribution in [0.25, 0.3) is 0 Å². The van der Waals surface area contributed by atoms with Gasteiger partial charge >= 0.3 is 0 Å². The highest BCUT2D eigenvalue weighted by molar-refractivity contribution is 5.60. The lowest BCUT2D eigenvalue weighted by Crippen LogP contribution is -2.04. The number of nitrogens with one attached hydrogen (secondary N) is 1. The highest BCUT2D eigenvalue weighted by Crippen LogP contribution is 2.26. The van der Waals surface area contributed by atoms with E-state index in [0.29, 0.717) is 5.92 Å². The number of benzene rings is 1. The second kappa shape index (κ2) is 5.74. The van der Waals surface area contributed by atoms with Gasteiger partial charge in [0.05, 0.1) is 5.69 Å². The summed E-state index contributed by atoms with van der Waals surface area (Å²) in [5, 5.41) is 3.43. The van der Waals surface area contributed by atoms with E-state index in [9.17, 15) is 0 Å². The van der Waals surface area contributed by atoms with Gasteiger partial charge in [0, 0.05) is 18.4 Å². The number of nitrogens with zero attached hydrogens (tertiary/aromatic N) is 2. The Hall–Kier alpha value is -2.03. The highest BCUT2D eigenvalue weighted by Gasteiger charge is 2.09. The van der Waals surface area contributed by atoms with Gasteiger partial charge in [0.25, 0.3) is 0 Å². The van der Waals surface area contributed by atoms with Crippen molar-refractivity contribution in [3.05, 3.63) is 54.4 Å². The number of anilines is 2. The molecule has 2 aromatic rings. The maximum atomic E-state index is 4.53. The van der Waals surface area contributed by atoms with Crippen LogP contribution in [0.15, 0.2) is 43.1 Å². The predicted octanol–water partition coefficient (Wildman–Crippen LogP) is 4.24. The van der Waals surface area contributed by atoms with Crippen LogP contribution in [0.4, 0.5) is 11.6 Å². The minimum Gasteiger partial charge on any atom is -0.325 e. The van der Waals surface area contributed by atoms with Gasteiger partial charge in [0.2, 0.25) is 5.95 Å². The molecule has 0 bridgehead atoms. The second-order valence-electron chi connectivity index (χ2n) is 5.01. The Labute approximate surface area is 115 Å². The van der Waals surface area contributed by atoms with Crippen molar-refractivity contribution < 1.29 is 0 Å². The van der Waals surface area contributed by atoms with E-state index in [2.05, 4.69) is 53.5 Å². The van der Waals surface area contributed by atoms with E-state index in [-0.39, 0.29) is 0 Å². The van der Waals surface area contributed by atoms with Gasteiger partial charge in [-0.3, -0.25) is 0 Å². The van der Waals surface area contributed by atoms with Gasteiger partial charge in [-0.05, 0) is 24.5 Å². The Bertz CT molecular complexity index is 567. The molecule has 0 unspecified atom stereocenters. The minimum atomic E-state index is 0.479. The second-order valence-corrected chi connectivity index (χ2v) is 5.01. The molecule has 19 heavy (non-hydrogen) atoms. The average molecular weight is 255 g/mol. The van der Waals surface area contributed by atoms with Crippen molar-refractivity contribution in [3.63, 3.8) is 0 Å². The quantitative estimate of drug-likeness (QED) is 0.810. The predicted molar refractivity (Wildman–Crippen MR) is 81.0 cm³/mol. The normalized spacial score (nSPS) is 10.7. The van der Waals surface area contributed by atoms with Crippen LogP contribution in [-0.4, -0.2) is 9.55 Å². The van der Waals surface area contributed by atoms with Gasteiger partial charge in [-0.2, -0.15) is 0 Å². The summed E-state index contributed by atoms with van der Waals surface area (Å²) in [6.45, 7) is 10.9. The van der Waals surface area contributed by atoms with E-state index >= 15 is 0 Å². The zero-order valence-corrected chi connectivity index (χ0v) is 11.9. The van der Waals surface area contributed by atoms with Crippen LogP contribution in [0.3, 0.4) is 0 Å². The maximum Gasteiger partial charge on any atom is 0.207 e. The molecule has 0 saturated heterocycles. The van der Waals surface area contributed by atoms with E-state index in [1.807, 2.05) is 25.3 Å². The molecule has 0 spiro atoms. The molecule has 0 aliphatic carbocycles. The van der Waals surface area contributed by atoms with Crippen molar-refractivity contribution in [3.8, 4) is 0 Å². The largest absolute Gasteiger partial charge is 0.325 e. The first-order valence-electron chi connectivity index (χ1n) is 6.62. The van der Waals surface area contributed by atoms with Crippen LogP contribution in [0, 0.1) is 6.92 Å². The first-order valence-corrected chi connectivity index (χ1v) is 6.62. The van der Waals surface area contributed by atoms with Crippen LogP contribution in [0.5, 0.6) is 0 Å². The first kappa shape index (κ1) is 13.4. The molecule has 100 valence electrons. The third kappa shape index (κ3) is 3.05. The fourth-order valence-electron chi connectivity index (χ4n) is 2.16. The molecule has 0 atom stereocenters. The van der Waals surface area contributed by atoms with Gasteiger partial charge < -0.3 is 9.88 Å². The van der Waals surface area contributed by atoms with E-state index < -0.39 is 0 Å². The van der Waals surface area contributed by atoms with Crippen LogP contribution < -0.4 is 5.32 Å². The lowest BCUT2D eigenvalue weighted by Gasteiger charge is -2.14. The molecule has 0 radical (unpaired) electrons. The number of rotatable bonds is 5. The van der Waals surface area contributed by atoms with Crippen LogP contribution in [0.2, 0.25) is 0 Å². The molecule has 3 heteroatoms. The van der Waals surface area contributed by atoms with E-state index in [0.717, 1.165) is 23.9 Å². The van der Waals surface area contributed by atoms with E-state index in [1.54, 1.807) is 0 Å². The summed E-state index contributed by atoms with van der Waals surface area (Å²) in [7, 11) is 0. The van der Waals surface area contributed by atoms with Crippen molar-refractivity contribution in [1.82, 2.24) is 9.55 Å². The zero-order valence-electron chi connectivity index (χ0n) is 11.9. The topological polar surface area (TPSA) is 29.9 Å². The highest BCUT2D eigenvalue weighted by atomic mass is 15.2. The molecule has 0 aliphatic rings. The molecule has 1 aromatic carbocycles. The third-order valence-electron chi connectivity index (χ3n) is 3.05. The van der Waals surface area contributed by atoms with Gasteiger partial charge in [0.15, 0.2) is 0 Å². The van der Waals surface area contributed by atoms with Crippen LogP contribution in [-0.2, 0) is 6.54 Å². The van der Waals surface area contributed by atoms with Crippen LogP contribution in [0.1, 0.15) is 31.0 Å². The number of para-hydroxylation sites is 1. The summed E-state index contributed by atoms with van der Waals surface area (Å²) in [5.41, 5.74) is 3.42. The van der Waals surface area contributed by atoms with Gasteiger partial charge in [0.1, 0.15) is 0 Å². The monoisotopic (exact) mass is 255 g/mol. The van der Waals surface area contributed by atoms with Gasteiger partial charge in [-0.1, -0.05) is 38.1 Å². The van der Waals surface area contributed by atoms with Crippen molar-refractivity contribution in [2.24, 2.45) is 0 Å². The fraction of sp³-hybridized carbons (Fsp3) is 0.312. The molecule has 1 heterocycles. The minimum absolute atomic E-state index is 0.479. The molecular formula is C16H21N3. The molecule has 0 aliphatic heterocycles. The SMILES string of the molecule is C=CCn1cc(C)nc1Nc1ccccc1C(C)C. The Morgan fingerprint density at radius 2 is 2.11 bits per heavy atom. The van der Waals surface area contributed by atoms with Crippen molar-refractivity contribution in [1.29, 1.82) is 0 Å². The molecule has 0 saturated carbocycles. The fourth-order valence-corrected chi connectivity index (χ4v) is 2.16. The Morgan fingerprint density at radius 1 is 1.37 bits per heavy atom. The number of imidazole rings is 1. The Kier molecular flexibility index (Phi) is 4.05. The number of aryl methyl sites for hydroxylation is 1. The molecule has 2 rings (SSSR count). The summed E-state index contributed by atoms with van der Waals surface area (Å²) in [6, 6.07) is 8.36. The van der Waals surface area contributed by atoms with Crippen molar-refractivity contribution >= 4 is 11.6 Å². The number of allylic oxidation sites excluding steroid dienone is 1. The first-order chi connectivity index (χ1) is 9.11. The van der Waals surface area contributed by atoms with Gasteiger partial charge in [-0.25, -0.2) is 4.98 Å².